The number of nitrogens with zero attached hydrogens (tertiary/aromatic N) is 1. The molecule has 190 valence electrons. The van der Waals surface area contributed by atoms with Crippen molar-refractivity contribution in [3.63, 3.8) is 0 Å². The number of aliphatic hydroxyl groups is 1. The Kier molecular flexibility index (Phi) is 13.1. The van der Waals surface area contributed by atoms with Crippen LogP contribution in [-0.2, 0) is 19.0 Å². The number of rotatable bonds is 11. The topological polar surface area (TPSA) is 133 Å². The SMILES string of the molecule is C=CCOC(=O)Nc1cc(OC)c(OC)cc1C(=O)N1CC[C@H](OCCCC(=O)OC)C1.CO. The van der Waals surface area contributed by atoms with E-state index in [9.17, 15) is 14.4 Å². The molecule has 0 radical (unpaired) electrons. The van der Waals surface area contributed by atoms with Gasteiger partial charge in [-0.05, 0) is 18.9 Å². The fourth-order valence-electron chi connectivity index (χ4n) is 3.23. The van der Waals surface area contributed by atoms with Gasteiger partial charge in [-0.3, -0.25) is 14.9 Å². The van der Waals surface area contributed by atoms with Crippen molar-refractivity contribution in [1.29, 1.82) is 0 Å². The highest BCUT2D eigenvalue weighted by atomic mass is 16.5. The molecule has 2 amide bonds. The zero-order valence-electron chi connectivity index (χ0n) is 20.1. The summed E-state index contributed by atoms with van der Waals surface area (Å²) in [4.78, 5) is 38.1. The van der Waals surface area contributed by atoms with E-state index in [1.54, 1.807) is 4.90 Å². The zero-order valence-corrected chi connectivity index (χ0v) is 20.1. The van der Waals surface area contributed by atoms with E-state index < -0.39 is 6.09 Å². The summed E-state index contributed by atoms with van der Waals surface area (Å²) in [7, 11) is 5.27. The van der Waals surface area contributed by atoms with Crippen LogP contribution in [0.25, 0.3) is 0 Å². The van der Waals surface area contributed by atoms with Crippen molar-refractivity contribution in [3.8, 4) is 11.5 Å². The number of esters is 1. The summed E-state index contributed by atoms with van der Waals surface area (Å²) in [5, 5.41) is 9.58. The maximum atomic E-state index is 13.2. The Morgan fingerprint density at radius 2 is 1.85 bits per heavy atom. The molecule has 2 rings (SSSR count). The van der Waals surface area contributed by atoms with Gasteiger partial charge >= 0.3 is 12.1 Å². The number of aliphatic hydroxyl groups excluding tert-OH is 1. The fraction of sp³-hybridized carbons (Fsp3) is 0.522. The molecular weight excluding hydrogens is 448 g/mol. The Morgan fingerprint density at radius 3 is 2.47 bits per heavy atom. The number of benzene rings is 1. The van der Waals surface area contributed by atoms with Crippen molar-refractivity contribution in [3.05, 3.63) is 30.4 Å². The lowest BCUT2D eigenvalue weighted by molar-refractivity contribution is -0.141. The molecule has 1 aliphatic heterocycles. The number of carbonyl (C=O) groups is 3. The Morgan fingerprint density at radius 1 is 1.18 bits per heavy atom. The number of hydrogen-bond acceptors (Lipinski definition) is 9. The Balaban J connectivity index is 0.00000281. The third-order valence-electron chi connectivity index (χ3n) is 4.86. The minimum Gasteiger partial charge on any atom is -0.493 e. The number of nitrogens with one attached hydrogen (secondary N) is 1. The first-order valence-electron chi connectivity index (χ1n) is 10.7. The second kappa shape index (κ2) is 15.5. The molecular formula is C23H34N2O9. The smallest absolute Gasteiger partial charge is 0.411 e. The number of likely N-dealkylation sites (tertiary alicyclic amines) is 1. The van der Waals surface area contributed by atoms with Crippen LogP contribution in [0.15, 0.2) is 24.8 Å². The lowest BCUT2D eigenvalue weighted by Crippen LogP contribution is -2.31. The minimum absolute atomic E-state index is 0.0313. The molecule has 1 aromatic carbocycles. The summed E-state index contributed by atoms with van der Waals surface area (Å²) in [6, 6.07) is 3.03. The molecule has 34 heavy (non-hydrogen) atoms. The molecule has 0 aromatic heterocycles. The normalized spacial score (nSPS) is 14.4. The van der Waals surface area contributed by atoms with Crippen LogP contribution in [0.5, 0.6) is 11.5 Å². The van der Waals surface area contributed by atoms with Crippen molar-refractivity contribution < 1.29 is 43.2 Å². The number of carbonyl (C=O) groups excluding carboxylic acids is 3. The standard InChI is InChI=1S/C22H30N2O8.CH4O/c1-5-10-32-22(27)23-17-13-19(29-3)18(28-2)12-16(17)21(26)24-9-8-15(14-24)31-11-6-7-20(25)30-4;1-2/h5,12-13,15H,1,6-11,14H2,2-4H3,(H,23,27);2H,1H3/t15-;/m0./s1. The second-order valence-electron chi connectivity index (χ2n) is 6.98. The summed E-state index contributed by atoms with van der Waals surface area (Å²) in [5.41, 5.74) is 0.480. The van der Waals surface area contributed by atoms with Crippen molar-refractivity contribution in [2.75, 3.05) is 60.1 Å². The highest BCUT2D eigenvalue weighted by molar-refractivity contribution is 6.03. The Hall–Kier alpha value is -3.31. The molecule has 0 unspecified atom stereocenters. The van der Waals surface area contributed by atoms with Crippen LogP contribution in [0.4, 0.5) is 10.5 Å². The summed E-state index contributed by atoms with van der Waals surface area (Å²) in [6.45, 7) is 4.82. The van der Waals surface area contributed by atoms with Gasteiger partial charge in [-0.2, -0.15) is 0 Å². The molecule has 11 nitrogen and oxygen atoms in total. The number of amides is 2. The van der Waals surface area contributed by atoms with Gasteiger partial charge in [0.15, 0.2) is 11.5 Å². The van der Waals surface area contributed by atoms with Crippen molar-refractivity contribution in [1.82, 2.24) is 4.90 Å². The van der Waals surface area contributed by atoms with Gasteiger partial charge in [-0.25, -0.2) is 4.79 Å². The highest BCUT2D eigenvalue weighted by Gasteiger charge is 2.30. The monoisotopic (exact) mass is 482 g/mol. The summed E-state index contributed by atoms with van der Waals surface area (Å²) in [6.07, 6.45) is 2.09. The first-order valence-corrected chi connectivity index (χ1v) is 10.7. The predicted molar refractivity (Wildman–Crippen MR) is 124 cm³/mol. The van der Waals surface area contributed by atoms with Gasteiger partial charge in [0.2, 0.25) is 0 Å². The molecule has 2 N–H and O–H groups in total. The zero-order chi connectivity index (χ0) is 25.5. The lowest BCUT2D eigenvalue weighted by atomic mass is 10.1. The molecule has 11 heteroatoms. The van der Waals surface area contributed by atoms with Crippen molar-refractivity contribution >= 4 is 23.7 Å². The molecule has 0 spiro atoms. The van der Waals surface area contributed by atoms with E-state index in [0.29, 0.717) is 44.0 Å². The largest absolute Gasteiger partial charge is 0.493 e. The number of anilines is 1. The average molecular weight is 483 g/mol. The quantitative estimate of drug-likeness (QED) is 0.277. The van der Waals surface area contributed by atoms with Crippen LogP contribution in [0.1, 0.15) is 29.6 Å². The first kappa shape index (κ1) is 28.7. The maximum Gasteiger partial charge on any atom is 0.411 e. The summed E-state index contributed by atoms with van der Waals surface area (Å²) >= 11 is 0. The molecule has 0 saturated carbocycles. The Labute approximate surface area is 199 Å². The van der Waals surface area contributed by atoms with Gasteiger partial charge in [0.05, 0.1) is 38.7 Å². The van der Waals surface area contributed by atoms with E-state index in [4.69, 9.17) is 24.1 Å². The van der Waals surface area contributed by atoms with E-state index in [-0.39, 0.29) is 42.3 Å². The van der Waals surface area contributed by atoms with E-state index in [1.807, 2.05) is 0 Å². The van der Waals surface area contributed by atoms with Crippen LogP contribution in [0.2, 0.25) is 0 Å². The van der Waals surface area contributed by atoms with E-state index in [1.165, 1.54) is 39.5 Å². The van der Waals surface area contributed by atoms with Gasteiger partial charge < -0.3 is 33.7 Å². The van der Waals surface area contributed by atoms with Crippen LogP contribution in [0, 0.1) is 0 Å². The molecule has 1 atom stereocenters. The molecule has 1 heterocycles. The highest BCUT2D eigenvalue weighted by Crippen LogP contribution is 2.34. The maximum absolute atomic E-state index is 13.2. The van der Waals surface area contributed by atoms with Crippen LogP contribution in [-0.4, -0.2) is 88.8 Å². The number of methoxy groups -OCH3 is 3. The second-order valence-corrected chi connectivity index (χ2v) is 6.98. The predicted octanol–water partition coefficient (Wildman–Crippen LogP) is 2.23. The summed E-state index contributed by atoms with van der Waals surface area (Å²) < 4.78 is 26.0. The molecule has 0 bridgehead atoms. The van der Waals surface area contributed by atoms with Gasteiger partial charge in [0.1, 0.15) is 6.61 Å². The van der Waals surface area contributed by atoms with Crippen molar-refractivity contribution in [2.45, 2.75) is 25.4 Å². The third kappa shape index (κ3) is 8.56. The van der Waals surface area contributed by atoms with E-state index in [0.717, 1.165) is 7.11 Å². The van der Waals surface area contributed by atoms with Crippen molar-refractivity contribution in [2.24, 2.45) is 0 Å². The first-order chi connectivity index (χ1) is 16.4. The number of ether oxygens (including phenoxy) is 5. The minimum atomic E-state index is -0.723. The molecule has 1 aromatic rings. The van der Waals surface area contributed by atoms with Gasteiger partial charge in [0, 0.05) is 39.3 Å². The van der Waals surface area contributed by atoms with Gasteiger partial charge in [-0.15, -0.1) is 0 Å². The van der Waals surface area contributed by atoms with Crippen LogP contribution < -0.4 is 14.8 Å². The molecule has 1 saturated heterocycles. The van der Waals surface area contributed by atoms with E-state index >= 15 is 0 Å². The Bertz CT molecular complexity index is 829. The third-order valence-corrected chi connectivity index (χ3v) is 4.86. The fourth-order valence-corrected chi connectivity index (χ4v) is 3.23. The van der Waals surface area contributed by atoms with Gasteiger partial charge in [-0.1, -0.05) is 12.7 Å². The number of hydrogen-bond donors (Lipinski definition) is 2. The van der Waals surface area contributed by atoms with E-state index in [2.05, 4.69) is 16.6 Å². The lowest BCUT2D eigenvalue weighted by Gasteiger charge is -2.20. The molecule has 0 aliphatic carbocycles. The molecule has 1 aliphatic rings. The summed E-state index contributed by atoms with van der Waals surface area (Å²) in [5.74, 6) is 0.148. The average Bonchev–Trinajstić information content (AvgIpc) is 3.34. The van der Waals surface area contributed by atoms with Crippen LogP contribution >= 0.6 is 0 Å². The molecule has 1 fully saturated rings. The van der Waals surface area contributed by atoms with Gasteiger partial charge in [0.25, 0.3) is 5.91 Å². The van der Waals surface area contributed by atoms with Crippen LogP contribution in [0.3, 0.4) is 0 Å².